The number of anilines is 1. The fraction of sp³-hybridized carbons (Fsp3) is 0.682. The van der Waals surface area contributed by atoms with Gasteiger partial charge >= 0.3 is 0 Å². The van der Waals surface area contributed by atoms with Crippen LogP contribution in [0.5, 0.6) is 0 Å². The van der Waals surface area contributed by atoms with Gasteiger partial charge in [-0.25, -0.2) is 8.42 Å². The van der Waals surface area contributed by atoms with E-state index in [1.54, 1.807) is 0 Å². The first-order chi connectivity index (χ1) is 13.2. The molecule has 2 aliphatic rings. The van der Waals surface area contributed by atoms with E-state index in [1.165, 1.54) is 43.2 Å². The number of rotatable bonds is 6. The highest BCUT2D eigenvalue weighted by Gasteiger charge is 2.45. The second kappa shape index (κ2) is 9.54. The summed E-state index contributed by atoms with van der Waals surface area (Å²) in [6.07, 6.45) is 7.02. The third-order valence-electron chi connectivity index (χ3n) is 6.18. The number of fused-ring (bicyclic) bond motifs is 2. The molecule has 1 aromatic rings. The number of guanidine groups is 1. The molecule has 0 atom stereocenters. The minimum atomic E-state index is -2.95. The van der Waals surface area contributed by atoms with E-state index in [0.717, 1.165) is 19.0 Å². The number of hydrogen-bond acceptors (Lipinski definition) is 3. The van der Waals surface area contributed by atoms with E-state index in [2.05, 4.69) is 55.3 Å². The summed E-state index contributed by atoms with van der Waals surface area (Å²) in [5.41, 5.74) is 2.85. The second-order valence-corrected chi connectivity index (χ2v) is 11.6. The van der Waals surface area contributed by atoms with Gasteiger partial charge in [-0.3, -0.25) is 4.99 Å². The average molecular weight is 534 g/mol. The van der Waals surface area contributed by atoms with Crippen molar-refractivity contribution in [2.45, 2.75) is 58.3 Å². The molecule has 0 bridgehead atoms. The van der Waals surface area contributed by atoms with Crippen molar-refractivity contribution in [3.05, 3.63) is 29.8 Å². The third kappa shape index (κ3) is 5.87. The molecular formula is C22H36IN3O2S. The first-order valence-corrected chi connectivity index (χ1v) is 12.5. The molecule has 5 nitrogen and oxygen atoms in total. The van der Waals surface area contributed by atoms with E-state index in [4.69, 9.17) is 4.99 Å². The molecule has 1 aliphatic carbocycles. The maximum Gasteiger partial charge on any atom is 0.198 e. The highest BCUT2D eigenvalue weighted by molar-refractivity contribution is 14.0. The van der Waals surface area contributed by atoms with Crippen LogP contribution in [0.2, 0.25) is 0 Å². The summed E-state index contributed by atoms with van der Waals surface area (Å²) in [5, 5.41) is 3.47. The number of sulfone groups is 1. The third-order valence-corrected chi connectivity index (χ3v) is 7.13. The highest BCUT2D eigenvalue weighted by atomic mass is 127. The van der Waals surface area contributed by atoms with Crippen LogP contribution in [-0.4, -0.2) is 46.0 Å². The molecular weight excluding hydrogens is 497 g/mol. The summed E-state index contributed by atoms with van der Waals surface area (Å²) >= 11 is 0. The van der Waals surface area contributed by atoms with Crippen LogP contribution >= 0.6 is 24.0 Å². The van der Waals surface area contributed by atoms with Crippen molar-refractivity contribution in [3.63, 3.8) is 0 Å². The lowest BCUT2D eigenvalue weighted by molar-refractivity contribution is 0.365. The van der Waals surface area contributed by atoms with E-state index in [9.17, 15) is 8.42 Å². The number of para-hydroxylation sites is 1. The fourth-order valence-corrected chi connectivity index (χ4v) is 5.45. The molecule has 164 valence electrons. The van der Waals surface area contributed by atoms with Gasteiger partial charge in [0.05, 0.1) is 5.75 Å². The molecule has 7 heteroatoms. The smallest absolute Gasteiger partial charge is 0.198 e. The fourth-order valence-electron chi connectivity index (χ4n) is 4.52. The molecule has 1 heterocycles. The van der Waals surface area contributed by atoms with Crippen molar-refractivity contribution >= 4 is 45.5 Å². The molecule has 29 heavy (non-hydrogen) atoms. The lowest BCUT2D eigenvalue weighted by atomic mass is 9.81. The molecule has 1 spiro atoms. The summed E-state index contributed by atoms with van der Waals surface area (Å²) in [4.78, 5) is 7.32. The normalized spacial score (nSPS) is 18.6. The van der Waals surface area contributed by atoms with Crippen LogP contribution in [0, 0.1) is 5.41 Å². The van der Waals surface area contributed by atoms with Crippen molar-refractivity contribution in [1.82, 2.24) is 5.32 Å². The van der Waals surface area contributed by atoms with Crippen molar-refractivity contribution < 1.29 is 8.42 Å². The van der Waals surface area contributed by atoms with Crippen molar-refractivity contribution in [1.29, 1.82) is 0 Å². The zero-order valence-electron chi connectivity index (χ0n) is 18.2. The Labute approximate surface area is 193 Å². The topological polar surface area (TPSA) is 61.8 Å². The maximum absolute atomic E-state index is 11.6. The monoisotopic (exact) mass is 533 g/mol. The molecule has 1 aliphatic heterocycles. The molecule has 1 fully saturated rings. The second-order valence-electron chi connectivity index (χ2n) is 9.30. The molecule has 0 aromatic heterocycles. The zero-order chi connectivity index (χ0) is 20.4. The Bertz CT molecular complexity index is 830. The van der Waals surface area contributed by atoms with E-state index in [1.807, 2.05) is 0 Å². The van der Waals surface area contributed by atoms with Gasteiger partial charge in [-0.2, -0.15) is 0 Å². The van der Waals surface area contributed by atoms with Gasteiger partial charge in [0.25, 0.3) is 0 Å². The number of nitrogens with one attached hydrogen (secondary N) is 1. The summed E-state index contributed by atoms with van der Waals surface area (Å²) in [7, 11) is -2.95. The van der Waals surface area contributed by atoms with E-state index in [0.29, 0.717) is 13.0 Å². The quantitative estimate of drug-likeness (QED) is 0.336. The van der Waals surface area contributed by atoms with Gasteiger partial charge in [0, 0.05) is 37.0 Å². The first kappa shape index (κ1) is 24.4. The molecule has 0 amide bonds. The average Bonchev–Trinajstić information content (AvgIpc) is 3.23. The Kier molecular flexibility index (Phi) is 8.04. The molecule has 1 saturated carbocycles. The minimum absolute atomic E-state index is 0. The van der Waals surface area contributed by atoms with Crippen LogP contribution < -0.4 is 10.2 Å². The standard InChI is InChI=1S/C22H35N3O2S.HI/c1-5-23-20(24-16-21(2,3)14-15-28(4,26)27)25-17-22(12-8-9-13-22)18-10-6-7-11-19(18)25;/h6-7,10-11H,5,8-9,12-17H2,1-4H3,(H,23,24);1H. The van der Waals surface area contributed by atoms with Crippen LogP contribution in [0.15, 0.2) is 29.3 Å². The Morgan fingerprint density at radius 1 is 1.24 bits per heavy atom. The van der Waals surface area contributed by atoms with Gasteiger partial charge in [-0.05, 0) is 43.2 Å². The minimum Gasteiger partial charge on any atom is -0.356 e. The van der Waals surface area contributed by atoms with Gasteiger partial charge in [0.1, 0.15) is 9.84 Å². The SMILES string of the molecule is CCNC(=NCC(C)(C)CCS(C)(=O)=O)N1CC2(CCCC2)c2ccccc21.I. The molecule has 1 N–H and O–H groups in total. The predicted octanol–water partition coefficient (Wildman–Crippen LogP) is 4.36. The maximum atomic E-state index is 11.6. The molecule has 0 saturated heterocycles. The molecule has 0 radical (unpaired) electrons. The van der Waals surface area contributed by atoms with Gasteiger partial charge in [0.2, 0.25) is 0 Å². The van der Waals surface area contributed by atoms with Crippen molar-refractivity contribution in [3.8, 4) is 0 Å². The van der Waals surface area contributed by atoms with Crippen LogP contribution in [0.25, 0.3) is 0 Å². The number of nitrogens with zero attached hydrogens (tertiary/aromatic N) is 2. The Morgan fingerprint density at radius 3 is 2.52 bits per heavy atom. The number of hydrogen-bond donors (Lipinski definition) is 1. The van der Waals surface area contributed by atoms with E-state index < -0.39 is 9.84 Å². The van der Waals surface area contributed by atoms with Crippen LogP contribution in [0.3, 0.4) is 0 Å². The van der Waals surface area contributed by atoms with Gasteiger partial charge < -0.3 is 10.2 Å². The zero-order valence-corrected chi connectivity index (χ0v) is 21.3. The highest BCUT2D eigenvalue weighted by Crippen LogP contribution is 2.50. The summed E-state index contributed by atoms with van der Waals surface area (Å²) in [6.45, 7) is 8.70. The number of halogens is 1. The van der Waals surface area contributed by atoms with Crippen LogP contribution in [-0.2, 0) is 15.3 Å². The lowest BCUT2D eigenvalue weighted by Gasteiger charge is -2.28. The van der Waals surface area contributed by atoms with Crippen molar-refractivity contribution in [2.75, 3.05) is 36.5 Å². The van der Waals surface area contributed by atoms with Crippen molar-refractivity contribution in [2.24, 2.45) is 10.4 Å². The van der Waals surface area contributed by atoms with Crippen LogP contribution in [0.4, 0.5) is 5.69 Å². The van der Waals surface area contributed by atoms with Gasteiger partial charge in [0.15, 0.2) is 5.96 Å². The van der Waals surface area contributed by atoms with E-state index >= 15 is 0 Å². The summed E-state index contributed by atoms with van der Waals surface area (Å²) in [5.74, 6) is 1.13. The number of benzene rings is 1. The first-order valence-electron chi connectivity index (χ1n) is 10.5. The molecule has 3 rings (SSSR count). The Hall–Kier alpha value is -0.830. The van der Waals surface area contributed by atoms with Gasteiger partial charge in [-0.15, -0.1) is 24.0 Å². The van der Waals surface area contributed by atoms with Crippen LogP contribution in [0.1, 0.15) is 58.4 Å². The Balaban J connectivity index is 0.00000300. The van der Waals surface area contributed by atoms with Gasteiger partial charge in [-0.1, -0.05) is 44.9 Å². The Morgan fingerprint density at radius 2 is 1.90 bits per heavy atom. The molecule has 1 aromatic carbocycles. The predicted molar refractivity (Wildman–Crippen MR) is 133 cm³/mol. The number of aliphatic imine (C=N–C) groups is 1. The molecule has 0 unspecified atom stereocenters. The largest absolute Gasteiger partial charge is 0.356 e. The summed E-state index contributed by atoms with van der Waals surface area (Å²) in [6, 6.07) is 8.77. The lowest BCUT2D eigenvalue weighted by Crippen LogP contribution is -2.44. The van der Waals surface area contributed by atoms with E-state index in [-0.39, 0.29) is 40.6 Å². The summed E-state index contributed by atoms with van der Waals surface area (Å²) < 4.78 is 23.1.